The van der Waals surface area contributed by atoms with Gasteiger partial charge < -0.3 is 10.1 Å². The first-order valence-electron chi connectivity index (χ1n) is 4.57. The highest BCUT2D eigenvalue weighted by molar-refractivity contribution is 7.10. The van der Waals surface area contributed by atoms with Crippen LogP contribution in [0.4, 0.5) is 5.69 Å². The van der Waals surface area contributed by atoms with E-state index < -0.39 is 5.97 Å². The van der Waals surface area contributed by atoms with Gasteiger partial charge in [0.2, 0.25) is 0 Å². The number of nitrogens with one attached hydrogen (secondary N) is 1. The van der Waals surface area contributed by atoms with Crippen molar-refractivity contribution in [1.29, 1.82) is 10.5 Å². The van der Waals surface area contributed by atoms with Crippen molar-refractivity contribution in [2.24, 2.45) is 0 Å². The standard InChI is InChI=1S/C11H9N3O2S/c1-7-10(11(15)16-2)9(6-17-7)14-5-8(3-12)4-13/h5-6,14H,1-2H3. The summed E-state index contributed by atoms with van der Waals surface area (Å²) in [6.07, 6.45) is 1.26. The lowest BCUT2D eigenvalue weighted by Gasteiger charge is -2.02. The van der Waals surface area contributed by atoms with Crippen LogP contribution >= 0.6 is 11.3 Å². The molecule has 5 nitrogen and oxygen atoms in total. The SMILES string of the molecule is COC(=O)c1c(NC=C(C#N)C#N)csc1C. The number of hydrogen-bond acceptors (Lipinski definition) is 6. The number of rotatable bonds is 3. The van der Waals surface area contributed by atoms with E-state index >= 15 is 0 Å². The zero-order valence-electron chi connectivity index (χ0n) is 9.27. The molecule has 0 unspecified atom stereocenters. The van der Waals surface area contributed by atoms with Crippen molar-refractivity contribution in [2.75, 3.05) is 12.4 Å². The predicted molar refractivity (Wildman–Crippen MR) is 63.3 cm³/mol. The number of nitriles is 2. The van der Waals surface area contributed by atoms with Gasteiger partial charge in [-0.25, -0.2) is 4.79 Å². The van der Waals surface area contributed by atoms with Crippen LogP contribution in [0.15, 0.2) is 17.2 Å². The smallest absolute Gasteiger partial charge is 0.341 e. The fraction of sp³-hybridized carbons (Fsp3) is 0.182. The highest BCUT2D eigenvalue weighted by Gasteiger charge is 2.16. The zero-order chi connectivity index (χ0) is 12.8. The molecule has 86 valence electrons. The van der Waals surface area contributed by atoms with Gasteiger partial charge in [0.25, 0.3) is 0 Å². The van der Waals surface area contributed by atoms with E-state index in [0.29, 0.717) is 11.3 Å². The molecule has 0 amide bonds. The summed E-state index contributed by atoms with van der Waals surface area (Å²) in [5.74, 6) is -0.449. The number of aryl methyl sites for hydroxylation is 1. The van der Waals surface area contributed by atoms with Crippen molar-refractivity contribution in [2.45, 2.75) is 6.92 Å². The summed E-state index contributed by atoms with van der Waals surface area (Å²) < 4.78 is 4.65. The third-order valence-corrected chi connectivity index (χ3v) is 2.89. The number of anilines is 1. The third kappa shape index (κ3) is 2.83. The van der Waals surface area contributed by atoms with Gasteiger partial charge in [-0.05, 0) is 6.92 Å². The number of thiophene rings is 1. The second kappa shape index (κ2) is 5.69. The van der Waals surface area contributed by atoms with E-state index in [4.69, 9.17) is 10.5 Å². The molecule has 0 spiro atoms. The minimum Gasteiger partial charge on any atom is -0.465 e. The number of carbonyl (C=O) groups is 1. The lowest BCUT2D eigenvalue weighted by molar-refractivity contribution is 0.0602. The number of ether oxygens (including phenoxy) is 1. The minimum absolute atomic E-state index is 0.0651. The first kappa shape index (κ1) is 12.8. The Balaban J connectivity index is 3.02. The Morgan fingerprint density at radius 2 is 2.18 bits per heavy atom. The molecular weight excluding hydrogens is 238 g/mol. The van der Waals surface area contributed by atoms with Gasteiger partial charge in [0.15, 0.2) is 0 Å². The molecule has 0 saturated carbocycles. The summed E-state index contributed by atoms with van der Waals surface area (Å²) in [6.45, 7) is 1.79. The van der Waals surface area contributed by atoms with Crippen LogP contribution in [0.25, 0.3) is 0 Å². The second-order valence-corrected chi connectivity index (χ2v) is 4.08. The number of esters is 1. The average molecular weight is 247 g/mol. The molecule has 0 saturated heterocycles. The fourth-order valence-electron chi connectivity index (χ4n) is 1.16. The van der Waals surface area contributed by atoms with Crippen molar-refractivity contribution in [1.82, 2.24) is 0 Å². The van der Waals surface area contributed by atoms with Crippen molar-refractivity contribution in [3.8, 4) is 12.1 Å². The maximum atomic E-state index is 11.5. The van der Waals surface area contributed by atoms with E-state index in [1.807, 2.05) is 0 Å². The molecule has 1 aromatic rings. The zero-order valence-corrected chi connectivity index (χ0v) is 10.1. The summed E-state index contributed by atoms with van der Waals surface area (Å²) in [4.78, 5) is 12.3. The molecule has 0 aromatic carbocycles. The first-order valence-corrected chi connectivity index (χ1v) is 5.45. The Bertz CT molecular complexity index is 530. The molecule has 0 aliphatic heterocycles. The summed E-state index contributed by atoms with van der Waals surface area (Å²) >= 11 is 1.38. The van der Waals surface area contributed by atoms with Crippen LogP contribution in [-0.2, 0) is 4.74 Å². The summed E-state index contributed by atoms with van der Waals surface area (Å²) in [6, 6.07) is 3.43. The van der Waals surface area contributed by atoms with Crippen LogP contribution in [0, 0.1) is 29.6 Å². The lowest BCUT2D eigenvalue weighted by Crippen LogP contribution is -2.04. The molecule has 0 radical (unpaired) electrons. The predicted octanol–water partition coefficient (Wildman–Crippen LogP) is 2.19. The Morgan fingerprint density at radius 1 is 1.53 bits per heavy atom. The van der Waals surface area contributed by atoms with Gasteiger partial charge in [-0.2, -0.15) is 10.5 Å². The molecule has 17 heavy (non-hydrogen) atoms. The van der Waals surface area contributed by atoms with Crippen molar-refractivity contribution >= 4 is 23.0 Å². The Hall–Kier alpha value is -2.31. The molecule has 0 aliphatic carbocycles. The molecule has 0 fully saturated rings. The van der Waals surface area contributed by atoms with Gasteiger partial charge in [-0.3, -0.25) is 0 Å². The van der Waals surface area contributed by atoms with Gasteiger partial charge >= 0.3 is 5.97 Å². The van der Waals surface area contributed by atoms with Gasteiger partial charge in [0.1, 0.15) is 17.7 Å². The van der Waals surface area contributed by atoms with Crippen LogP contribution < -0.4 is 5.32 Å². The maximum absolute atomic E-state index is 11.5. The third-order valence-electron chi connectivity index (χ3n) is 1.98. The van der Waals surface area contributed by atoms with Crippen molar-refractivity contribution in [3.63, 3.8) is 0 Å². The normalized spacial score (nSPS) is 8.71. The van der Waals surface area contributed by atoms with E-state index in [9.17, 15) is 4.79 Å². The Kier molecular flexibility index (Phi) is 4.27. The van der Waals surface area contributed by atoms with Gasteiger partial charge in [0, 0.05) is 16.5 Å². The number of methoxy groups -OCH3 is 1. The van der Waals surface area contributed by atoms with E-state index in [0.717, 1.165) is 4.88 Å². The molecule has 0 aliphatic rings. The van der Waals surface area contributed by atoms with Crippen LogP contribution in [0.1, 0.15) is 15.2 Å². The van der Waals surface area contributed by atoms with Crippen LogP contribution in [-0.4, -0.2) is 13.1 Å². The van der Waals surface area contributed by atoms with E-state index in [1.165, 1.54) is 24.6 Å². The van der Waals surface area contributed by atoms with Crippen LogP contribution in [0.3, 0.4) is 0 Å². The highest BCUT2D eigenvalue weighted by Crippen LogP contribution is 2.27. The molecule has 0 atom stereocenters. The van der Waals surface area contributed by atoms with E-state index in [1.54, 1.807) is 24.4 Å². The summed E-state index contributed by atoms with van der Waals surface area (Å²) in [7, 11) is 1.30. The average Bonchev–Trinajstić information content (AvgIpc) is 2.71. The topological polar surface area (TPSA) is 85.9 Å². The molecule has 0 bridgehead atoms. The quantitative estimate of drug-likeness (QED) is 0.653. The fourth-order valence-corrected chi connectivity index (χ4v) is 1.95. The highest BCUT2D eigenvalue weighted by atomic mass is 32.1. The van der Waals surface area contributed by atoms with E-state index in [2.05, 4.69) is 10.1 Å². The number of carbonyl (C=O) groups excluding carboxylic acids is 1. The molecule has 1 rings (SSSR count). The Morgan fingerprint density at radius 3 is 2.71 bits per heavy atom. The minimum atomic E-state index is -0.449. The lowest BCUT2D eigenvalue weighted by atomic mass is 10.2. The summed E-state index contributed by atoms with van der Waals surface area (Å²) in [5.41, 5.74) is 0.885. The molecule has 1 N–H and O–H groups in total. The van der Waals surface area contributed by atoms with E-state index in [-0.39, 0.29) is 5.57 Å². The van der Waals surface area contributed by atoms with Crippen molar-refractivity contribution in [3.05, 3.63) is 27.6 Å². The van der Waals surface area contributed by atoms with Gasteiger partial charge in [0.05, 0.1) is 18.4 Å². The first-order chi connectivity index (χ1) is 8.13. The molecular formula is C11H9N3O2S. The number of hydrogen-bond donors (Lipinski definition) is 1. The number of allylic oxidation sites excluding steroid dienone is 1. The van der Waals surface area contributed by atoms with Gasteiger partial charge in [-0.15, -0.1) is 11.3 Å². The largest absolute Gasteiger partial charge is 0.465 e. The molecule has 1 aromatic heterocycles. The Labute approximate surface area is 103 Å². The van der Waals surface area contributed by atoms with Crippen LogP contribution in [0.5, 0.6) is 0 Å². The summed E-state index contributed by atoms with van der Waals surface area (Å²) in [5, 5.41) is 21.6. The molecule has 6 heteroatoms. The second-order valence-electron chi connectivity index (χ2n) is 3.00. The van der Waals surface area contributed by atoms with Gasteiger partial charge in [-0.1, -0.05) is 0 Å². The van der Waals surface area contributed by atoms with Crippen molar-refractivity contribution < 1.29 is 9.53 Å². The van der Waals surface area contributed by atoms with Crippen LogP contribution in [0.2, 0.25) is 0 Å². The maximum Gasteiger partial charge on any atom is 0.341 e. The molecule has 1 heterocycles. The number of nitrogens with zero attached hydrogens (tertiary/aromatic N) is 2. The monoisotopic (exact) mass is 247 g/mol.